The van der Waals surface area contributed by atoms with Crippen LogP contribution in [-0.4, -0.2) is 17.4 Å². The molecule has 0 aliphatic heterocycles. The Hall–Kier alpha value is -2.90. The van der Waals surface area contributed by atoms with Gasteiger partial charge >= 0.3 is 5.69 Å². The van der Waals surface area contributed by atoms with E-state index in [0.29, 0.717) is 0 Å². The minimum absolute atomic E-state index is 0.0216. The second-order valence-electron chi connectivity index (χ2n) is 6.09. The van der Waals surface area contributed by atoms with Gasteiger partial charge in [0.1, 0.15) is 0 Å². The Kier molecular flexibility index (Phi) is 6.85. The number of nitrogens with one attached hydrogen (secondary N) is 1. The Morgan fingerprint density at radius 1 is 1.10 bits per heavy atom. The van der Waals surface area contributed by atoms with E-state index < -0.39 is 16.9 Å². The average molecular weight is 476 g/mol. The molecular weight excluding hydrogens is 460 g/mol. The van der Waals surface area contributed by atoms with E-state index >= 15 is 0 Å². The lowest BCUT2D eigenvalue weighted by atomic mass is 9.99. The number of rotatable bonds is 7. The molecule has 6 nitrogen and oxygen atoms in total. The van der Waals surface area contributed by atoms with Crippen molar-refractivity contribution in [3.8, 4) is 5.75 Å². The second kappa shape index (κ2) is 9.54. The van der Waals surface area contributed by atoms with Gasteiger partial charge < -0.3 is 10.1 Å². The summed E-state index contributed by atoms with van der Waals surface area (Å²) >= 11 is 9.32. The highest BCUT2D eigenvalue weighted by Gasteiger charge is 2.21. The molecule has 0 saturated heterocycles. The van der Waals surface area contributed by atoms with Gasteiger partial charge in [-0.15, -0.1) is 0 Å². The van der Waals surface area contributed by atoms with Crippen LogP contribution in [-0.2, 0) is 4.79 Å². The number of carbonyl (C=O) groups is 1. The van der Waals surface area contributed by atoms with E-state index in [1.807, 2.05) is 54.6 Å². The lowest BCUT2D eigenvalue weighted by molar-refractivity contribution is -0.385. The number of hydrogen-bond donors (Lipinski definition) is 1. The summed E-state index contributed by atoms with van der Waals surface area (Å²) in [5.74, 6) is -0.439. The normalized spacial score (nSPS) is 11.5. The summed E-state index contributed by atoms with van der Waals surface area (Å²) < 4.78 is 6.24. The molecule has 0 heterocycles. The minimum atomic E-state index is -0.604. The molecule has 0 bridgehead atoms. The number of halogens is 2. The van der Waals surface area contributed by atoms with Crippen LogP contribution in [0.1, 0.15) is 17.2 Å². The first kappa shape index (κ1) is 20.8. The highest BCUT2D eigenvalue weighted by Crippen LogP contribution is 2.31. The van der Waals surface area contributed by atoms with Gasteiger partial charge in [0.15, 0.2) is 12.4 Å². The van der Waals surface area contributed by atoms with Crippen LogP contribution >= 0.6 is 27.5 Å². The van der Waals surface area contributed by atoms with Crippen LogP contribution in [0.3, 0.4) is 0 Å². The Bertz CT molecular complexity index is 1030. The first-order valence-corrected chi connectivity index (χ1v) is 9.78. The molecule has 0 aliphatic rings. The van der Waals surface area contributed by atoms with Crippen LogP contribution in [0.15, 0.2) is 77.3 Å². The number of benzene rings is 3. The van der Waals surface area contributed by atoms with Crippen LogP contribution in [0.5, 0.6) is 5.75 Å². The van der Waals surface area contributed by atoms with E-state index in [9.17, 15) is 14.9 Å². The summed E-state index contributed by atoms with van der Waals surface area (Å²) in [7, 11) is 0. The topological polar surface area (TPSA) is 81.5 Å². The summed E-state index contributed by atoms with van der Waals surface area (Å²) in [6.07, 6.45) is 0. The summed E-state index contributed by atoms with van der Waals surface area (Å²) in [5, 5.41) is 14.3. The smallest absolute Gasteiger partial charge is 0.312 e. The zero-order chi connectivity index (χ0) is 20.8. The average Bonchev–Trinajstić information content (AvgIpc) is 2.72. The quantitative estimate of drug-likeness (QED) is 0.372. The molecular formula is C21H16BrClN2O4. The third-order valence-electron chi connectivity index (χ3n) is 4.13. The summed E-state index contributed by atoms with van der Waals surface area (Å²) in [6, 6.07) is 20.7. The molecule has 0 radical (unpaired) electrons. The largest absolute Gasteiger partial charge is 0.477 e. The Morgan fingerprint density at radius 3 is 2.48 bits per heavy atom. The van der Waals surface area contributed by atoms with Gasteiger partial charge in [-0.1, -0.05) is 76.1 Å². The van der Waals surface area contributed by atoms with Crippen molar-refractivity contribution in [2.75, 3.05) is 6.61 Å². The fourth-order valence-electron chi connectivity index (χ4n) is 2.80. The zero-order valence-electron chi connectivity index (χ0n) is 15.0. The van der Waals surface area contributed by atoms with E-state index in [0.717, 1.165) is 15.6 Å². The minimum Gasteiger partial charge on any atom is -0.477 e. The predicted molar refractivity (Wildman–Crippen MR) is 114 cm³/mol. The molecule has 1 atom stereocenters. The van der Waals surface area contributed by atoms with E-state index in [1.165, 1.54) is 18.2 Å². The monoisotopic (exact) mass is 474 g/mol. The molecule has 0 unspecified atom stereocenters. The van der Waals surface area contributed by atoms with Gasteiger partial charge in [0.25, 0.3) is 5.91 Å². The van der Waals surface area contributed by atoms with E-state index in [2.05, 4.69) is 21.2 Å². The molecule has 148 valence electrons. The molecule has 3 rings (SSSR count). The van der Waals surface area contributed by atoms with Gasteiger partial charge in [-0.3, -0.25) is 14.9 Å². The van der Waals surface area contributed by atoms with Crippen molar-refractivity contribution >= 4 is 39.1 Å². The van der Waals surface area contributed by atoms with Crippen LogP contribution in [0.2, 0.25) is 5.02 Å². The van der Waals surface area contributed by atoms with Crippen molar-refractivity contribution in [1.29, 1.82) is 0 Å². The molecule has 3 aromatic carbocycles. The summed E-state index contributed by atoms with van der Waals surface area (Å²) in [5.41, 5.74) is 1.48. The van der Waals surface area contributed by atoms with Gasteiger partial charge in [-0.25, -0.2) is 0 Å². The van der Waals surface area contributed by atoms with Crippen molar-refractivity contribution in [1.82, 2.24) is 5.32 Å². The maximum atomic E-state index is 12.6. The van der Waals surface area contributed by atoms with Crippen molar-refractivity contribution in [2.45, 2.75) is 6.04 Å². The molecule has 0 saturated carbocycles. The van der Waals surface area contributed by atoms with Crippen LogP contribution < -0.4 is 10.1 Å². The Labute approximate surface area is 180 Å². The van der Waals surface area contributed by atoms with E-state index in [-0.39, 0.29) is 23.1 Å². The van der Waals surface area contributed by atoms with Gasteiger partial charge in [0.05, 0.1) is 11.0 Å². The molecule has 29 heavy (non-hydrogen) atoms. The molecule has 0 fully saturated rings. The van der Waals surface area contributed by atoms with E-state index in [1.54, 1.807) is 0 Å². The molecule has 0 spiro atoms. The van der Waals surface area contributed by atoms with Crippen LogP contribution in [0, 0.1) is 10.1 Å². The maximum Gasteiger partial charge on any atom is 0.312 e. The number of nitro groups is 1. The van der Waals surface area contributed by atoms with Crippen molar-refractivity contribution in [3.63, 3.8) is 0 Å². The van der Waals surface area contributed by atoms with Gasteiger partial charge in [0, 0.05) is 15.6 Å². The molecule has 3 aromatic rings. The highest BCUT2D eigenvalue weighted by molar-refractivity contribution is 9.10. The SMILES string of the molecule is O=C(COc1ccc(Cl)cc1[N+](=O)[O-])N[C@H](c1ccccc1)c1ccccc1Br. The zero-order valence-corrected chi connectivity index (χ0v) is 17.4. The van der Waals surface area contributed by atoms with Gasteiger partial charge in [-0.05, 0) is 29.3 Å². The standard InChI is InChI=1S/C21H16BrClN2O4/c22-17-9-5-4-8-16(17)21(14-6-2-1-3-7-14)24-20(26)13-29-19-11-10-15(23)12-18(19)25(27)28/h1-12,21H,13H2,(H,24,26)/t21-/m1/s1. The van der Waals surface area contributed by atoms with Crippen LogP contribution in [0.4, 0.5) is 5.69 Å². The number of ether oxygens (including phenoxy) is 1. The molecule has 0 aromatic heterocycles. The molecule has 8 heteroatoms. The summed E-state index contributed by atoms with van der Waals surface area (Å²) in [4.78, 5) is 23.1. The molecule has 1 N–H and O–H groups in total. The van der Waals surface area contributed by atoms with Crippen LogP contribution in [0.25, 0.3) is 0 Å². The maximum absolute atomic E-state index is 12.6. The third-order valence-corrected chi connectivity index (χ3v) is 5.09. The fourth-order valence-corrected chi connectivity index (χ4v) is 3.48. The number of hydrogen-bond acceptors (Lipinski definition) is 4. The van der Waals surface area contributed by atoms with Crippen molar-refractivity contribution < 1.29 is 14.5 Å². The van der Waals surface area contributed by atoms with Crippen molar-refractivity contribution in [2.24, 2.45) is 0 Å². The molecule has 1 amide bonds. The van der Waals surface area contributed by atoms with Gasteiger partial charge in [-0.2, -0.15) is 0 Å². The second-order valence-corrected chi connectivity index (χ2v) is 7.38. The number of carbonyl (C=O) groups excluding carboxylic acids is 1. The molecule has 0 aliphatic carbocycles. The first-order valence-electron chi connectivity index (χ1n) is 8.61. The van der Waals surface area contributed by atoms with Gasteiger partial charge in [0.2, 0.25) is 0 Å². The Morgan fingerprint density at radius 2 is 1.79 bits per heavy atom. The number of nitrogens with zero attached hydrogens (tertiary/aromatic N) is 1. The predicted octanol–water partition coefficient (Wildman–Crippen LogP) is 5.30. The van der Waals surface area contributed by atoms with E-state index in [4.69, 9.17) is 16.3 Å². The first-order chi connectivity index (χ1) is 14.0. The Balaban J connectivity index is 1.78. The third kappa shape index (κ3) is 5.34. The summed E-state index contributed by atoms with van der Waals surface area (Å²) in [6.45, 7) is -0.379. The number of amides is 1. The number of nitro benzene ring substituents is 1. The lowest BCUT2D eigenvalue weighted by Crippen LogP contribution is -2.33. The lowest BCUT2D eigenvalue weighted by Gasteiger charge is -2.21. The fraction of sp³-hybridized carbons (Fsp3) is 0.0952. The van der Waals surface area contributed by atoms with Crippen molar-refractivity contribution in [3.05, 3.63) is 104 Å². The highest BCUT2D eigenvalue weighted by atomic mass is 79.9.